The number of nitrogens with zero attached hydrogens (tertiary/aromatic N) is 1. The quantitative estimate of drug-likeness (QED) is 0.373. The Kier molecular flexibility index (Phi) is 3.31. The van der Waals surface area contributed by atoms with Gasteiger partial charge in [0.1, 0.15) is 17.1 Å². The molecule has 2 nitrogen and oxygen atoms in total. The SMILES string of the molecule is O=CCC#Cc1cccc(Cl)n1. The molecular weight excluding hydrogens is 174 g/mol. The molecule has 0 aromatic carbocycles. The molecule has 1 heterocycles. The highest BCUT2D eigenvalue weighted by atomic mass is 35.5. The Balaban J connectivity index is 2.77. The van der Waals surface area contributed by atoms with E-state index in [1.54, 1.807) is 18.2 Å². The average Bonchev–Trinajstić information content (AvgIpc) is 2.05. The number of halogens is 1. The van der Waals surface area contributed by atoms with Gasteiger partial charge in [-0.25, -0.2) is 4.98 Å². The van der Waals surface area contributed by atoms with Gasteiger partial charge in [0, 0.05) is 0 Å². The van der Waals surface area contributed by atoms with Crippen LogP contribution >= 0.6 is 11.6 Å². The summed E-state index contributed by atoms with van der Waals surface area (Å²) in [6.45, 7) is 0. The molecule has 0 amide bonds. The van der Waals surface area contributed by atoms with Crippen molar-refractivity contribution in [3.8, 4) is 11.8 Å². The fourth-order valence-corrected chi connectivity index (χ4v) is 0.825. The highest BCUT2D eigenvalue weighted by Gasteiger charge is 1.88. The molecule has 1 aromatic heterocycles. The third-order valence-corrected chi connectivity index (χ3v) is 1.33. The molecule has 0 N–H and O–H groups in total. The first-order valence-electron chi connectivity index (χ1n) is 3.38. The number of hydrogen-bond donors (Lipinski definition) is 0. The monoisotopic (exact) mass is 179 g/mol. The van der Waals surface area contributed by atoms with E-state index in [0.29, 0.717) is 10.8 Å². The third-order valence-electron chi connectivity index (χ3n) is 1.12. The summed E-state index contributed by atoms with van der Waals surface area (Å²) in [5.74, 6) is 5.35. The van der Waals surface area contributed by atoms with Gasteiger partial charge in [-0.1, -0.05) is 23.6 Å². The number of carbonyl (C=O) groups is 1. The molecule has 0 atom stereocenters. The van der Waals surface area contributed by atoms with Crippen LogP contribution in [0.25, 0.3) is 0 Å². The summed E-state index contributed by atoms with van der Waals surface area (Å²) in [6.07, 6.45) is 0.978. The highest BCUT2D eigenvalue weighted by Crippen LogP contribution is 2.03. The van der Waals surface area contributed by atoms with E-state index in [4.69, 9.17) is 11.6 Å². The zero-order valence-corrected chi connectivity index (χ0v) is 7.01. The van der Waals surface area contributed by atoms with E-state index >= 15 is 0 Å². The Morgan fingerprint density at radius 1 is 1.58 bits per heavy atom. The molecule has 0 aliphatic heterocycles. The Hall–Kier alpha value is -1.33. The molecule has 12 heavy (non-hydrogen) atoms. The van der Waals surface area contributed by atoms with Gasteiger partial charge in [0.2, 0.25) is 0 Å². The first-order chi connectivity index (χ1) is 5.83. The van der Waals surface area contributed by atoms with Gasteiger partial charge in [0.25, 0.3) is 0 Å². The lowest BCUT2D eigenvalue weighted by Gasteiger charge is -1.88. The highest BCUT2D eigenvalue weighted by molar-refractivity contribution is 6.29. The largest absolute Gasteiger partial charge is 0.302 e. The first kappa shape index (κ1) is 8.76. The van der Waals surface area contributed by atoms with Crippen LogP contribution in [-0.4, -0.2) is 11.3 Å². The number of hydrogen-bond acceptors (Lipinski definition) is 2. The molecule has 60 valence electrons. The normalized spacial score (nSPS) is 8.42. The second kappa shape index (κ2) is 4.53. The minimum atomic E-state index is 0.230. The molecule has 0 aliphatic rings. The standard InChI is InChI=1S/C9H6ClNO/c10-9-6-3-5-8(11-9)4-1-2-7-12/h3,5-7H,2H2. The average molecular weight is 180 g/mol. The van der Waals surface area contributed by atoms with E-state index in [2.05, 4.69) is 16.8 Å². The summed E-state index contributed by atoms with van der Waals surface area (Å²) in [6, 6.07) is 5.18. The van der Waals surface area contributed by atoms with Crippen molar-refractivity contribution in [3.05, 3.63) is 29.0 Å². The van der Waals surface area contributed by atoms with Crippen molar-refractivity contribution in [3.63, 3.8) is 0 Å². The van der Waals surface area contributed by atoms with Gasteiger partial charge >= 0.3 is 0 Å². The predicted octanol–water partition coefficient (Wildman–Crippen LogP) is 1.68. The number of aldehydes is 1. The van der Waals surface area contributed by atoms with Crippen LogP contribution in [-0.2, 0) is 4.79 Å². The number of rotatable bonds is 1. The minimum absolute atomic E-state index is 0.230. The van der Waals surface area contributed by atoms with Gasteiger partial charge in [-0.3, -0.25) is 0 Å². The number of pyridine rings is 1. The minimum Gasteiger partial charge on any atom is -0.302 e. The molecule has 3 heteroatoms. The molecule has 0 unspecified atom stereocenters. The van der Waals surface area contributed by atoms with Crippen molar-refractivity contribution < 1.29 is 4.79 Å². The van der Waals surface area contributed by atoms with Crippen molar-refractivity contribution in [1.29, 1.82) is 0 Å². The van der Waals surface area contributed by atoms with Crippen LogP contribution in [0.5, 0.6) is 0 Å². The fourth-order valence-electron chi connectivity index (χ4n) is 0.661. The Bertz CT molecular complexity index is 338. The van der Waals surface area contributed by atoms with Gasteiger partial charge in [-0.15, -0.1) is 0 Å². The molecule has 1 aromatic rings. The maximum atomic E-state index is 9.91. The lowest BCUT2D eigenvalue weighted by Crippen LogP contribution is -1.81. The second-order valence-electron chi connectivity index (χ2n) is 2.02. The lowest BCUT2D eigenvalue weighted by molar-refractivity contribution is -0.107. The Morgan fingerprint density at radius 2 is 2.42 bits per heavy atom. The summed E-state index contributed by atoms with van der Waals surface area (Å²) in [5.41, 5.74) is 0.587. The summed E-state index contributed by atoms with van der Waals surface area (Å²) in [4.78, 5) is 13.8. The third kappa shape index (κ3) is 2.73. The predicted molar refractivity (Wildman–Crippen MR) is 46.8 cm³/mol. The van der Waals surface area contributed by atoms with Gasteiger partial charge < -0.3 is 4.79 Å². The number of aromatic nitrogens is 1. The zero-order valence-electron chi connectivity index (χ0n) is 6.25. The van der Waals surface area contributed by atoms with Crippen LogP contribution in [0.1, 0.15) is 12.1 Å². The van der Waals surface area contributed by atoms with Crippen LogP contribution in [0.2, 0.25) is 5.15 Å². The van der Waals surface area contributed by atoms with E-state index in [9.17, 15) is 4.79 Å². The molecule has 0 fully saturated rings. The molecule has 1 rings (SSSR count). The summed E-state index contributed by atoms with van der Waals surface area (Å²) < 4.78 is 0. The van der Waals surface area contributed by atoms with E-state index in [1.165, 1.54) is 0 Å². The van der Waals surface area contributed by atoms with Gasteiger partial charge in [0.15, 0.2) is 0 Å². The van der Waals surface area contributed by atoms with Gasteiger partial charge in [-0.2, -0.15) is 0 Å². The fraction of sp³-hybridized carbons (Fsp3) is 0.111. The van der Waals surface area contributed by atoms with Crippen LogP contribution < -0.4 is 0 Å². The smallest absolute Gasteiger partial charge is 0.131 e. The summed E-state index contributed by atoms with van der Waals surface area (Å²) in [5, 5.41) is 0.410. The van der Waals surface area contributed by atoms with Gasteiger partial charge in [0.05, 0.1) is 6.42 Å². The van der Waals surface area contributed by atoms with E-state index in [-0.39, 0.29) is 6.42 Å². The summed E-state index contributed by atoms with van der Waals surface area (Å²) >= 11 is 5.61. The van der Waals surface area contributed by atoms with Crippen molar-refractivity contribution in [2.45, 2.75) is 6.42 Å². The number of carbonyl (C=O) groups excluding carboxylic acids is 1. The molecule has 0 spiro atoms. The van der Waals surface area contributed by atoms with Gasteiger partial charge in [-0.05, 0) is 18.1 Å². The van der Waals surface area contributed by atoms with Crippen LogP contribution in [0, 0.1) is 11.8 Å². The van der Waals surface area contributed by atoms with Crippen molar-refractivity contribution in [2.75, 3.05) is 0 Å². The Labute approximate surface area is 75.6 Å². The molecular formula is C9H6ClNO. The topological polar surface area (TPSA) is 30.0 Å². The van der Waals surface area contributed by atoms with Crippen molar-refractivity contribution >= 4 is 17.9 Å². The Morgan fingerprint density at radius 3 is 3.08 bits per heavy atom. The van der Waals surface area contributed by atoms with E-state index < -0.39 is 0 Å². The first-order valence-corrected chi connectivity index (χ1v) is 3.76. The van der Waals surface area contributed by atoms with Crippen molar-refractivity contribution in [1.82, 2.24) is 4.98 Å². The van der Waals surface area contributed by atoms with Crippen LogP contribution in [0.15, 0.2) is 18.2 Å². The molecule has 0 bridgehead atoms. The maximum absolute atomic E-state index is 9.91. The molecule has 0 saturated carbocycles. The van der Waals surface area contributed by atoms with E-state index in [1.807, 2.05) is 0 Å². The lowest BCUT2D eigenvalue weighted by atomic mass is 10.3. The summed E-state index contributed by atoms with van der Waals surface area (Å²) in [7, 11) is 0. The van der Waals surface area contributed by atoms with Crippen LogP contribution in [0.4, 0.5) is 0 Å². The molecule has 0 radical (unpaired) electrons. The molecule has 0 saturated heterocycles. The van der Waals surface area contributed by atoms with Crippen LogP contribution in [0.3, 0.4) is 0 Å². The van der Waals surface area contributed by atoms with Crippen molar-refractivity contribution in [2.24, 2.45) is 0 Å². The maximum Gasteiger partial charge on any atom is 0.131 e. The second-order valence-corrected chi connectivity index (χ2v) is 2.41. The zero-order chi connectivity index (χ0) is 8.81. The van der Waals surface area contributed by atoms with E-state index in [0.717, 1.165) is 6.29 Å². The molecule has 0 aliphatic carbocycles.